The Bertz CT molecular complexity index is 1510. The number of thiazole rings is 1. The fourth-order valence-electron chi connectivity index (χ4n) is 4.29. The van der Waals surface area contributed by atoms with Crippen LogP contribution >= 0.6 is 11.3 Å². The Labute approximate surface area is 235 Å². The number of rotatable bonds is 11. The topological polar surface area (TPSA) is 79.8 Å². The van der Waals surface area contributed by atoms with Crippen LogP contribution in [-0.2, 0) is 16.6 Å². The van der Waals surface area contributed by atoms with Gasteiger partial charge in [-0.05, 0) is 53.8 Å². The van der Waals surface area contributed by atoms with E-state index < -0.39 is 10.0 Å². The molecular weight excluding hydrogens is 530 g/mol. The van der Waals surface area contributed by atoms with Gasteiger partial charge in [-0.15, -0.1) is 0 Å². The molecule has 1 heterocycles. The molecule has 0 unspecified atom stereocenters. The quantitative estimate of drug-likeness (QED) is 0.209. The molecule has 9 heteroatoms. The second-order valence-electron chi connectivity index (χ2n) is 10.3. The molecule has 4 aromatic rings. The normalized spacial score (nSPS) is 12.0. The van der Waals surface area contributed by atoms with Crippen LogP contribution < -0.4 is 9.64 Å². The Balaban J connectivity index is 1.67. The summed E-state index contributed by atoms with van der Waals surface area (Å²) >= 11 is 1.43. The van der Waals surface area contributed by atoms with Crippen molar-refractivity contribution in [3.05, 3.63) is 83.9 Å². The number of hydrogen-bond acceptors (Lipinski definition) is 6. The summed E-state index contributed by atoms with van der Waals surface area (Å²) in [6, 6.07) is 21.6. The van der Waals surface area contributed by atoms with E-state index in [1.807, 2.05) is 76.2 Å². The van der Waals surface area contributed by atoms with Gasteiger partial charge in [-0.3, -0.25) is 9.69 Å². The predicted octanol–water partition coefficient (Wildman–Crippen LogP) is 6.45. The first kappa shape index (κ1) is 28.7. The van der Waals surface area contributed by atoms with Crippen molar-refractivity contribution in [1.29, 1.82) is 0 Å². The first-order valence-electron chi connectivity index (χ1n) is 13.0. The lowest BCUT2D eigenvalue weighted by molar-refractivity contribution is 0.0985. The fraction of sp³-hybridized carbons (Fsp3) is 0.333. The molecule has 0 radical (unpaired) electrons. The van der Waals surface area contributed by atoms with Gasteiger partial charge in [0.15, 0.2) is 5.13 Å². The van der Waals surface area contributed by atoms with E-state index >= 15 is 0 Å². The van der Waals surface area contributed by atoms with E-state index in [1.165, 1.54) is 27.8 Å². The maximum Gasteiger partial charge on any atom is 0.260 e. The Kier molecular flexibility index (Phi) is 9.04. The van der Waals surface area contributed by atoms with Gasteiger partial charge in [-0.2, -0.15) is 4.31 Å². The molecule has 0 spiro atoms. The highest BCUT2D eigenvalue weighted by Gasteiger charge is 2.27. The molecule has 0 aliphatic rings. The van der Waals surface area contributed by atoms with Crippen molar-refractivity contribution in [2.45, 2.75) is 39.1 Å². The zero-order valence-electron chi connectivity index (χ0n) is 23.0. The van der Waals surface area contributed by atoms with E-state index in [0.29, 0.717) is 36.1 Å². The zero-order chi connectivity index (χ0) is 28.2. The monoisotopic (exact) mass is 565 g/mol. The number of aromatic nitrogens is 1. The highest BCUT2D eigenvalue weighted by atomic mass is 32.2. The van der Waals surface area contributed by atoms with E-state index in [2.05, 4.69) is 0 Å². The van der Waals surface area contributed by atoms with Crippen molar-refractivity contribution < 1.29 is 17.9 Å². The SMILES string of the molecule is COc1ccc2sc(N(Cc3ccccc3)C(=O)c3ccc(S(=O)(=O)N(CC(C)C)CC(C)C)cc3)nc2c1. The third kappa shape index (κ3) is 6.84. The van der Waals surface area contributed by atoms with Crippen LogP contribution in [0, 0.1) is 11.8 Å². The lowest BCUT2D eigenvalue weighted by Gasteiger charge is -2.26. The van der Waals surface area contributed by atoms with Crippen molar-refractivity contribution in [3.63, 3.8) is 0 Å². The molecule has 1 aromatic heterocycles. The first-order valence-corrected chi connectivity index (χ1v) is 15.2. The minimum Gasteiger partial charge on any atom is -0.497 e. The molecule has 0 aliphatic carbocycles. The molecule has 0 fully saturated rings. The average Bonchev–Trinajstić information content (AvgIpc) is 3.34. The maximum atomic E-state index is 13.8. The number of carbonyl (C=O) groups excluding carboxylic acids is 1. The molecule has 39 heavy (non-hydrogen) atoms. The van der Waals surface area contributed by atoms with Gasteiger partial charge in [0.2, 0.25) is 10.0 Å². The van der Waals surface area contributed by atoms with Crippen LogP contribution in [0.4, 0.5) is 5.13 Å². The molecule has 0 aliphatic heterocycles. The van der Waals surface area contributed by atoms with E-state index in [4.69, 9.17) is 9.72 Å². The van der Waals surface area contributed by atoms with Crippen molar-refractivity contribution in [1.82, 2.24) is 9.29 Å². The van der Waals surface area contributed by atoms with Crippen LogP contribution in [0.25, 0.3) is 10.2 Å². The number of methoxy groups -OCH3 is 1. The van der Waals surface area contributed by atoms with E-state index in [1.54, 1.807) is 24.1 Å². The van der Waals surface area contributed by atoms with Gasteiger partial charge in [0.25, 0.3) is 5.91 Å². The summed E-state index contributed by atoms with van der Waals surface area (Å²) in [4.78, 5) is 20.4. The Morgan fingerprint density at radius 3 is 2.15 bits per heavy atom. The number of nitrogens with zero attached hydrogens (tertiary/aromatic N) is 3. The average molecular weight is 566 g/mol. The largest absolute Gasteiger partial charge is 0.497 e. The molecule has 4 rings (SSSR count). The molecular formula is C30H35N3O4S2. The van der Waals surface area contributed by atoms with Gasteiger partial charge in [0.1, 0.15) is 5.75 Å². The summed E-state index contributed by atoms with van der Waals surface area (Å²) in [7, 11) is -2.09. The van der Waals surface area contributed by atoms with Gasteiger partial charge < -0.3 is 4.74 Å². The highest BCUT2D eigenvalue weighted by Crippen LogP contribution is 2.33. The molecule has 0 N–H and O–H groups in total. The highest BCUT2D eigenvalue weighted by molar-refractivity contribution is 7.89. The standard InChI is InChI=1S/C30H35N3O4S2/c1-21(2)18-32(19-22(3)4)39(35,36)26-14-11-24(12-15-26)29(34)33(20-23-9-7-6-8-10-23)30-31-27-17-25(37-5)13-16-28(27)38-30/h6-17,21-22H,18-20H2,1-5H3. The molecule has 206 valence electrons. The van der Waals surface area contributed by atoms with Crippen LogP contribution in [0.3, 0.4) is 0 Å². The van der Waals surface area contributed by atoms with Crippen LogP contribution in [0.2, 0.25) is 0 Å². The number of amides is 1. The number of ether oxygens (including phenoxy) is 1. The Morgan fingerprint density at radius 2 is 1.56 bits per heavy atom. The molecule has 3 aromatic carbocycles. The van der Waals surface area contributed by atoms with Gasteiger partial charge in [-0.1, -0.05) is 69.4 Å². The number of carbonyl (C=O) groups is 1. The summed E-state index contributed by atoms with van der Waals surface area (Å²) in [5.74, 6) is 0.829. The minimum atomic E-state index is -3.69. The second kappa shape index (κ2) is 12.3. The Morgan fingerprint density at radius 1 is 0.923 bits per heavy atom. The third-order valence-electron chi connectivity index (χ3n) is 6.12. The predicted molar refractivity (Wildman–Crippen MR) is 158 cm³/mol. The van der Waals surface area contributed by atoms with Gasteiger partial charge >= 0.3 is 0 Å². The van der Waals surface area contributed by atoms with Crippen molar-refractivity contribution >= 4 is 42.6 Å². The van der Waals surface area contributed by atoms with Crippen LogP contribution in [0.15, 0.2) is 77.7 Å². The number of anilines is 1. The summed E-state index contributed by atoms with van der Waals surface area (Å²) in [5, 5.41) is 0.559. The van der Waals surface area contributed by atoms with Gasteiger partial charge in [0.05, 0.1) is 28.8 Å². The van der Waals surface area contributed by atoms with E-state index in [9.17, 15) is 13.2 Å². The lowest BCUT2D eigenvalue weighted by atomic mass is 10.1. The molecule has 0 saturated carbocycles. The van der Waals surface area contributed by atoms with Crippen LogP contribution in [0.5, 0.6) is 5.75 Å². The van der Waals surface area contributed by atoms with Crippen LogP contribution in [0.1, 0.15) is 43.6 Å². The van der Waals surface area contributed by atoms with E-state index in [-0.39, 0.29) is 22.6 Å². The fourth-order valence-corrected chi connectivity index (χ4v) is 7.00. The maximum absolute atomic E-state index is 13.8. The second-order valence-corrected chi connectivity index (χ2v) is 13.3. The zero-order valence-corrected chi connectivity index (χ0v) is 24.6. The first-order chi connectivity index (χ1) is 18.6. The third-order valence-corrected chi connectivity index (χ3v) is 9.02. The van der Waals surface area contributed by atoms with Crippen molar-refractivity contribution in [3.8, 4) is 5.75 Å². The Hall–Kier alpha value is -3.27. The summed E-state index contributed by atoms with van der Waals surface area (Å²) in [5.41, 5.74) is 2.10. The summed E-state index contributed by atoms with van der Waals surface area (Å²) in [6.45, 7) is 9.22. The minimum absolute atomic E-state index is 0.182. The number of hydrogen-bond donors (Lipinski definition) is 0. The van der Waals surface area contributed by atoms with Crippen molar-refractivity contribution in [2.24, 2.45) is 11.8 Å². The molecule has 7 nitrogen and oxygen atoms in total. The molecule has 0 bridgehead atoms. The molecule has 0 saturated heterocycles. The number of benzene rings is 3. The number of fused-ring (bicyclic) bond motifs is 1. The summed E-state index contributed by atoms with van der Waals surface area (Å²) in [6.07, 6.45) is 0. The van der Waals surface area contributed by atoms with Gasteiger partial charge in [0, 0.05) is 24.7 Å². The summed E-state index contributed by atoms with van der Waals surface area (Å²) < 4.78 is 34.7. The number of sulfonamides is 1. The van der Waals surface area contributed by atoms with E-state index in [0.717, 1.165) is 15.8 Å². The van der Waals surface area contributed by atoms with Crippen LogP contribution in [-0.4, -0.2) is 43.8 Å². The molecule has 0 atom stereocenters. The van der Waals surface area contributed by atoms with Crippen molar-refractivity contribution in [2.75, 3.05) is 25.1 Å². The van der Waals surface area contributed by atoms with Gasteiger partial charge in [-0.25, -0.2) is 13.4 Å². The smallest absolute Gasteiger partial charge is 0.260 e. The lowest BCUT2D eigenvalue weighted by Crippen LogP contribution is -2.37. The molecule has 1 amide bonds.